The van der Waals surface area contributed by atoms with Gasteiger partial charge in [0.05, 0.1) is 13.2 Å². The normalized spacial score (nSPS) is 8.33. The van der Waals surface area contributed by atoms with Crippen molar-refractivity contribution in [2.75, 3.05) is 19.8 Å². The molecule has 0 aliphatic carbocycles. The Kier molecular flexibility index (Phi) is 16.8. The van der Waals surface area contributed by atoms with Gasteiger partial charge in [0.15, 0.2) is 11.5 Å². The molecule has 1 aromatic rings. The lowest BCUT2D eigenvalue weighted by Crippen LogP contribution is -2.06. The molecule has 1 aromatic carbocycles. The molecule has 0 spiro atoms. The molecule has 0 aliphatic rings. The Labute approximate surface area is 112 Å². The van der Waals surface area contributed by atoms with Gasteiger partial charge in [-0.05, 0) is 32.0 Å². The summed E-state index contributed by atoms with van der Waals surface area (Å²) in [6.07, 6.45) is 0.862. The Morgan fingerprint density at radius 3 is 1.89 bits per heavy atom. The lowest BCUT2D eigenvalue weighted by molar-refractivity contribution is 0.275. The topological polar surface area (TPSA) is 44.5 Å². The van der Waals surface area contributed by atoms with Crippen molar-refractivity contribution in [2.24, 2.45) is 5.73 Å². The number of rotatable bonds is 6. The van der Waals surface area contributed by atoms with Crippen LogP contribution in [0.1, 0.15) is 41.0 Å². The number of ether oxygens (including phenoxy) is 2. The van der Waals surface area contributed by atoms with Crippen LogP contribution in [0.25, 0.3) is 0 Å². The molecule has 2 N–H and O–H groups in total. The van der Waals surface area contributed by atoms with E-state index in [0.717, 1.165) is 17.9 Å². The van der Waals surface area contributed by atoms with Crippen LogP contribution in [0.15, 0.2) is 24.3 Å². The number of para-hydroxylation sites is 2. The molecule has 0 unspecified atom stereocenters. The van der Waals surface area contributed by atoms with Crippen molar-refractivity contribution < 1.29 is 9.47 Å². The Morgan fingerprint density at radius 2 is 1.44 bits per heavy atom. The molecular weight excluding hydrogens is 226 g/mol. The monoisotopic (exact) mass is 255 g/mol. The van der Waals surface area contributed by atoms with Gasteiger partial charge in [-0.25, -0.2) is 0 Å². The van der Waals surface area contributed by atoms with E-state index in [-0.39, 0.29) is 0 Å². The smallest absolute Gasteiger partial charge is 0.161 e. The highest BCUT2D eigenvalue weighted by Gasteiger charge is 2.01. The molecule has 0 saturated heterocycles. The maximum atomic E-state index is 5.53. The molecule has 0 aliphatic heterocycles. The van der Waals surface area contributed by atoms with Crippen molar-refractivity contribution in [1.82, 2.24) is 0 Å². The zero-order chi connectivity index (χ0) is 14.2. The van der Waals surface area contributed by atoms with Gasteiger partial charge in [0.2, 0.25) is 0 Å². The summed E-state index contributed by atoms with van der Waals surface area (Å²) >= 11 is 0. The first-order valence-electron chi connectivity index (χ1n) is 6.93. The first kappa shape index (κ1) is 19.1. The molecule has 0 saturated carbocycles. The summed E-state index contributed by atoms with van der Waals surface area (Å²) in [6.45, 7) is 11.9. The third-order valence-corrected chi connectivity index (χ3v) is 1.76. The number of hydrogen-bond donors (Lipinski definition) is 1. The number of hydrogen-bond acceptors (Lipinski definition) is 3. The maximum absolute atomic E-state index is 5.53. The van der Waals surface area contributed by atoms with Crippen molar-refractivity contribution in [3.63, 3.8) is 0 Å². The summed E-state index contributed by atoms with van der Waals surface area (Å²) in [4.78, 5) is 0. The first-order chi connectivity index (χ1) is 8.88. The van der Waals surface area contributed by atoms with E-state index < -0.39 is 0 Å². The molecular formula is C15H29NO2. The van der Waals surface area contributed by atoms with E-state index in [2.05, 4.69) is 0 Å². The SMILES string of the molecule is CC.CC.CCOc1ccccc1OCCCN. The van der Waals surface area contributed by atoms with Crippen molar-refractivity contribution in [3.05, 3.63) is 24.3 Å². The van der Waals surface area contributed by atoms with Crippen molar-refractivity contribution in [1.29, 1.82) is 0 Å². The predicted molar refractivity (Wildman–Crippen MR) is 79.5 cm³/mol. The van der Waals surface area contributed by atoms with Gasteiger partial charge in [-0.3, -0.25) is 0 Å². The van der Waals surface area contributed by atoms with Crippen LogP contribution in [0.4, 0.5) is 0 Å². The van der Waals surface area contributed by atoms with Gasteiger partial charge in [-0.2, -0.15) is 0 Å². The Morgan fingerprint density at radius 1 is 0.944 bits per heavy atom. The minimum atomic E-state index is 0.639. The molecule has 0 bridgehead atoms. The predicted octanol–water partition coefficient (Wildman–Crippen LogP) is 3.87. The summed E-state index contributed by atoms with van der Waals surface area (Å²) in [5.41, 5.74) is 5.38. The maximum Gasteiger partial charge on any atom is 0.161 e. The Balaban J connectivity index is 0. The largest absolute Gasteiger partial charge is 0.490 e. The summed E-state index contributed by atoms with van der Waals surface area (Å²) in [5.74, 6) is 1.59. The molecule has 0 radical (unpaired) electrons. The average molecular weight is 255 g/mol. The zero-order valence-corrected chi connectivity index (χ0v) is 12.5. The highest BCUT2D eigenvalue weighted by molar-refractivity contribution is 5.39. The van der Waals surface area contributed by atoms with Gasteiger partial charge < -0.3 is 15.2 Å². The third kappa shape index (κ3) is 8.88. The molecule has 1 rings (SSSR count). The molecule has 3 nitrogen and oxygen atoms in total. The molecule has 3 heteroatoms. The van der Waals surface area contributed by atoms with Crippen LogP contribution in [-0.4, -0.2) is 19.8 Å². The van der Waals surface area contributed by atoms with Gasteiger partial charge in [0, 0.05) is 0 Å². The van der Waals surface area contributed by atoms with E-state index in [1.165, 1.54) is 0 Å². The van der Waals surface area contributed by atoms with Gasteiger partial charge in [-0.15, -0.1) is 0 Å². The van der Waals surface area contributed by atoms with E-state index in [9.17, 15) is 0 Å². The van der Waals surface area contributed by atoms with Gasteiger partial charge in [0.25, 0.3) is 0 Å². The second-order valence-corrected chi connectivity index (χ2v) is 2.87. The average Bonchev–Trinajstić information content (AvgIpc) is 2.46. The van der Waals surface area contributed by atoms with Gasteiger partial charge in [0.1, 0.15) is 0 Å². The van der Waals surface area contributed by atoms with Crippen LogP contribution in [0.2, 0.25) is 0 Å². The van der Waals surface area contributed by atoms with Crippen LogP contribution in [-0.2, 0) is 0 Å². The number of nitrogens with two attached hydrogens (primary N) is 1. The minimum Gasteiger partial charge on any atom is -0.490 e. The van der Waals surface area contributed by atoms with Crippen LogP contribution in [0.5, 0.6) is 11.5 Å². The lowest BCUT2D eigenvalue weighted by atomic mass is 10.3. The summed E-state index contributed by atoms with van der Waals surface area (Å²) < 4.78 is 10.9. The second-order valence-electron chi connectivity index (χ2n) is 2.87. The van der Waals surface area contributed by atoms with E-state index >= 15 is 0 Å². The van der Waals surface area contributed by atoms with Crippen LogP contribution in [0.3, 0.4) is 0 Å². The standard InChI is InChI=1S/C11H17NO2.2C2H6/c1-2-13-10-6-3-4-7-11(10)14-9-5-8-12;2*1-2/h3-4,6-7H,2,5,8-9,12H2,1H3;2*1-2H3. The molecule has 0 fully saturated rings. The fraction of sp³-hybridized carbons (Fsp3) is 0.600. The molecule has 0 aromatic heterocycles. The van der Waals surface area contributed by atoms with Crippen LogP contribution in [0, 0.1) is 0 Å². The second kappa shape index (κ2) is 15.8. The molecule has 0 amide bonds. The first-order valence-corrected chi connectivity index (χ1v) is 6.93. The molecule has 0 heterocycles. The molecule has 0 atom stereocenters. The Hall–Kier alpha value is -1.22. The summed E-state index contributed by atoms with van der Waals surface area (Å²) in [6, 6.07) is 7.67. The van der Waals surface area contributed by atoms with Crippen molar-refractivity contribution in [2.45, 2.75) is 41.0 Å². The summed E-state index contributed by atoms with van der Waals surface area (Å²) in [5, 5.41) is 0. The Bertz CT molecular complexity index is 264. The van der Waals surface area contributed by atoms with Gasteiger partial charge in [-0.1, -0.05) is 39.8 Å². The van der Waals surface area contributed by atoms with E-state index in [1.807, 2.05) is 58.9 Å². The van der Waals surface area contributed by atoms with E-state index in [4.69, 9.17) is 15.2 Å². The molecule has 106 valence electrons. The minimum absolute atomic E-state index is 0.639. The van der Waals surface area contributed by atoms with E-state index in [1.54, 1.807) is 0 Å². The fourth-order valence-electron chi connectivity index (χ4n) is 1.11. The lowest BCUT2D eigenvalue weighted by Gasteiger charge is -2.10. The van der Waals surface area contributed by atoms with Gasteiger partial charge >= 0.3 is 0 Å². The third-order valence-electron chi connectivity index (χ3n) is 1.76. The summed E-state index contributed by atoms with van der Waals surface area (Å²) in [7, 11) is 0. The van der Waals surface area contributed by atoms with Crippen molar-refractivity contribution in [3.8, 4) is 11.5 Å². The van der Waals surface area contributed by atoms with E-state index in [0.29, 0.717) is 19.8 Å². The zero-order valence-electron chi connectivity index (χ0n) is 12.5. The highest BCUT2D eigenvalue weighted by atomic mass is 16.5. The quantitative estimate of drug-likeness (QED) is 0.785. The van der Waals surface area contributed by atoms with Crippen molar-refractivity contribution >= 4 is 0 Å². The molecule has 18 heavy (non-hydrogen) atoms. The number of benzene rings is 1. The van der Waals surface area contributed by atoms with Crippen LogP contribution < -0.4 is 15.2 Å². The van der Waals surface area contributed by atoms with Crippen LogP contribution >= 0.6 is 0 Å². The highest BCUT2D eigenvalue weighted by Crippen LogP contribution is 2.26. The fourth-order valence-corrected chi connectivity index (χ4v) is 1.11.